The van der Waals surface area contributed by atoms with Crippen LogP contribution in [0.25, 0.3) is 11.1 Å². The zero-order valence-electron chi connectivity index (χ0n) is 19.9. The largest absolute Gasteiger partial charge is 0.481 e. The smallest absolute Gasteiger partial charge is 0.416 e. The molecule has 0 radical (unpaired) electrons. The zero-order chi connectivity index (χ0) is 26.3. The molecular weight excluding hydrogens is 473 g/mol. The third-order valence-electron chi connectivity index (χ3n) is 5.40. The minimum atomic E-state index is -4.37. The van der Waals surface area contributed by atoms with E-state index < -0.39 is 23.6 Å². The number of nitrogens with one attached hydrogen (secondary N) is 1. The standard InChI is InChI=1S/C27H27F3N2O4/c1-17(2)15-23(36-24-12-9-21(16-32-24)26(35)31-14-13-25(33)34)20-5-3-18(4-6-20)19-7-10-22(11-8-19)27(28,29)30/h3-12,16-17,23H,13-15H2,1-2H3,(H,31,35)(H,33,34). The number of alkyl halides is 3. The van der Waals surface area contributed by atoms with Crippen molar-refractivity contribution in [3.63, 3.8) is 0 Å². The van der Waals surface area contributed by atoms with Crippen LogP contribution in [0.2, 0.25) is 0 Å². The van der Waals surface area contributed by atoms with Crippen LogP contribution in [0.1, 0.15) is 54.3 Å². The first-order valence-electron chi connectivity index (χ1n) is 11.4. The number of halogens is 3. The maximum absolute atomic E-state index is 12.8. The van der Waals surface area contributed by atoms with Crippen molar-refractivity contribution >= 4 is 11.9 Å². The molecule has 3 rings (SSSR count). The summed E-state index contributed by atoms with van der Waals surface area (Å²) in [5.74, 6) is -0.785. The highest BCUT2D eigenvalue weighted by molar-refractivity contribution is 5.94. The molecule has 2 N–H and O–H groups in total. The van der Waals surface area contributed by atoms with E-state index in [0.717, 1.165) is 23.3 Å². The van der Waals surface area contributed by atoms with Gasteiger partial charge in [0.2, 0.25) is 5.88 Å². The van der Waals surface area contributed by atoms with Crippen molar-refractivity contribution in [1.82, 2.24) is 10.3 Å². The Hall–Kier alpha value is -3.88. The van der Waals surface area contributed by atoms with Gasteiger partial charge in [-0.2, -0.15) is 13.2 Å². The lowest BCUT2D eigenvalue weighted by molar-refractivity contribution is -0.138. The molecule has 1 atom stereocenters. The van der Waals surface area contributed by atoms with Crippen LogP contribution in [0, 0.1) is 5.92 Å². The van der Waals surface area contributed by atoms with Gasteiger partial charge in [0.05, 0.1) is 17.5 Å². The molecule has 1 aromatic heterocycles. The Balaban J connectivity index is 1.70. The number of aliphatic carboxylic acids is 1. The van der Waals surface area contributed by atoms with Gasteiger partial charge in [0, 0.05) is 18.8 Å². The quantitative estimate of drug-likeness (QED) is 0.349. The molecule has 0 saturated heterocycles. The van der Waals surface area contributed by atoms with Crippen molar-refractivity contribution in [2.24, 2.45) is 5.92 Å². The Morgan fingerprint density at radius 1 is 0.972 bits per heavy atom. The van der Waals surface area contributed by atoms with Gasteiger partial charge < -0.3 is 15.2 Å². The molecule has 1 amide bonds. The molecule has 0 aliphatic rings. The van der Waals surface area contributed by atoms with Gasteiger partial charge in [-0.3, -0.25) is 9.59 Å². The van der Waals surface area contributed by atoms with Crippen LogP contribution in [0.15, 0.2) is 66.9 Å². The van der Waals surface area contributed by atoms with Crippen molar-refractivity contribution < 1.29 is 32.6 Å². The van der Waals surface area contributed by atoms with Crippen molar-refractivity contribution in [2.45, 2.75) is 39.0 Å². The zero-order valence-corrected chi connectivity index (χ0v) is 19.9. The lowest BCUT2D eigenvalue weighted by Gasteiger charge is -2.21. The Labute approximate surface area is 207 Å². The molecule has 2 aromatic carbocycles. The van der Waals surface area contributed by atoms with E-state index in [1.54, 1.807) is 12.1 Å². The molecule has 36 heavy (non-hydrogen) atoms. The van der Waals surface area contributed by atoms with E-state index in [0.29, 0.717) is 23.8 Å². The molecule has 0 fully saturated rings. The van der Waals surface area contributed by atoms with Crippen LogP contribution in [0.5, 0.6) is 5.88 Å². The fourth-order valence-corrected chi connectivity index (χ4v) is 3.54. The lowest BCUT2D eigenvalue weighted by atomic mass is 9.96. The second-order valence-corrected chi connectivity index (χ2v) is 8.72. The van der Waals surface area contributed by atoms with Crippen molar-refractivity contribution in [3.05, 3.63) is 83.6 Å². The minimum Gasteiger partial charge on any atom is -0.481 e. The number of nitrogens with zero attached hydrogens (tertiary/aromatic N) is 1. The van der Waals surface area contributed by atoms with Gasteiger partial charge in [0.25, 0.3) is 5.91 Å². The SMILES string of the molecule is CC(C)CC(Oc1ccc(C(=O)NCCC(=O)O)cn1)c1ccc(-c2ccc(C(F)(F)F)cc2)cc1. The number of amides is 1. The number of rotatable bonds is 10. The minimum absolute atomic E-state index is 0.0192. The van der Waals surface area contributed by atoms with E-state index in [2.05, 4.69) is 24.1 Å². The van der Waals surface area contributed by atoms with Crippen LogP contribution in [-0.4, -0.2) is 28.5 Å². The average Bonchev–Trinajstić information content (AvgIpc) is 2.83. The van der Waals surface area contributed by atoms with Crippen molar-refractivity contribution in [1.29, 1.82) is 0 Å². The van der Waals surface area contributed by atoms with Gasteiger partial charge in [0.15, 0.2) is 0 Å². The number of carbonyl (C=O) groups is 2. The summed E-state index contributed by atoms with van der Waals surface area (Å²) in [6.07, 6.45) is -2.81. The number of carbonyl (C=O) groups excluding carboxylic acids is 1. The number of carboxylic acid groups (broad SMARTS) is 1. The van der Waals surface area contributed by atoms with Gasteiger partial charge in [-0.15, -0.1) is 0 Å². The summed E-state index contributed by atoms with van der Waals surface area (Å²) in [6, 6.07) is 15.6. The van der Waals surface area contributed by atoms with E-state index in [9.17, 15) is 22.8 Å². The summed E-state index contributed by atoms with van der Waals surface area (Å²) in [4.78, 5) is 26.9. The number of hydrogen-bond acceptors (Lipinski definition) is 4. The van der Waals surface area contributed by atoms with Crippen LogP contribution in [0.3, 0.4) is 0 Å². The van der Waals surface area contributed by atoms with Crippen LogP contribution in [-0.2, 0) is 11.0 Å². The summed E-state index contributed by atoms with van der Waals surface area (Å²) in [7, 11) is 0. The van der Waals surface area contributed by atoms with Gasteiger partial charge in [-0.05, 0) is 47.2 Å². The number of carboxylic acids is 1. The third-order valence-corrected chi connectivity index (χ3v) is 5.40. The number of pyridine rings is 1. The first kappa shape index (κ1) is 26.7. The highest BCUT2D eigenvalue weighted by atomic mass is 19.4. The van der Waals surface area contributed by atoms with Gasteiger partial charge >= 0.3 is 12.1 Å². The molecule has 0 aliphatic heterocycles. The topological polar surface area (TPSA) is 88.5 Å². The Bertz CT molecular complexity index is 1160. The predicted molar refractivity (Wildman–Crippen MR) is 129 cm³/mol. The summed E-state index contributed by atoms with van der Waals surface area (Å²) in [5, 5.41) is 11.2. The van der Waals surface area contributed by atoms with E-state index in [4.69, 9.17) is 9.84 Å². The number of benzene rings is 2. The van der Waals surface area contributed by atoms with Gasteiger partial charge in [0.1, 0.15) is 6.10 Å². The molecular formula is C27H27F3N2O4. The second kappa shape index (κ2) is 11.7. The molecule has 0 spiro atoms. The Kier molecular flexibility index (Phi) is 8.68. The highest BCUT2D eigenvalue weighted by Crippen LogP contribution is 2.32. The predicted octanol–water partition coefficient (Wildman–Crippen LogP) is 6.14. The normalized spacial score (nSPS) is 12.3. The molecule has 9 heteroatoms. The van der Waals surface area contributed by atoms with Crippen molar-refractivity contribution in [2.75, 3.05) is 6.54 Å². The molecule has 0 saturated carbocycles. The highest BCUT2D eigenvalue weighted by Gasteiger charge is 2.30. The molecule has 3 aromatic rings. The molecule has 1 unspecified atom stereocenters. The first-order valence-corrected chi connectivity index (χ1v) is 11.4. The Morgan fingerprint density at radius 3 is 2.08 bits per heavy atom. The Morgan fingerprint density at radius 2 is 1.58 bits per heavy atom. The van der Waals surface area contributed by atoms with Gasteiger partial charge in [-0.25, -0.2) is 4.98 Å². The summed E-state index contributed by atoms with van der Waals surface area (Å²) < 4.78 is 44.6. The first-order chi connectivity index (χ1) is 17.0. The monoisotopic (exact) mass is 500 g/mol. The third kappa shape index (κ3) is 7.56. The van der Waals surface area contributed by atoms with E-state index in [-0.39, 0.29) is 24.6 Å². The van der Waals surface area contributed by atoms with Crippen LogP contribution < -0.4 is 10.1 Å². The summed E-state index contributed by atoms with van der Waals surface area (Å²) in [6.45, 7) is 4.14. The number of hydrogen-bond donors (Lipinski definition) is 2. The van der Waals surface area contributed by atoms with Crippen LogP contribution >= 0.6 is 0 Å². The summed E-state index contributed by atoms with van der Waals surface area (Å²) >= 11 is 0. The maximum Gasteiger partial charge on any atom is 0.416 e. The van der Waals surface area contributed by atoms with E-state index >= 15 is 0 Å². The van der Waals surface area contributed by atoms with E-state index in [1.165, 1.54) is 18.3 Å². The maximum atomic E-state index is 12.8. The number of aromatic nitrogens is 1. The summed E-state index contributed by atoms with van der Waals surface area (Å²) in [5.41, 5.74) is 1.94. The molecule has 0 bridgehead atoms. The molecule has 6 nitrogen and oxygen atoms in total. The second-order valence-electron chi connectivity index (χ2n) is 8.72. The molecule has 1 heterocycles. The fourth-order valence-electron chi connectivity index (χ4n) is 3.54. The average molecular weight is 501 g/mol. The fraction of sp³-hybridized carbons (Fsp3) is 0.296. The van der Waals surface area contributed by atoms with Crippen LogP contribution in [0.4, 0.5) is 13.2 Å². The van der Waals surface area contributed by atoms with E-state index in [1.807, 2.05) is 24.3 Å². The lowest BCUT2D eigenvalue weighted by Crippen LogP contribution is -2.26. The number of ether oxygens (including phenoxy) is 1. The van der Waals surface area contributed by atoms with Crippen molar-refractivity contribution in [3.8, 4) is 17.0 Å². The molecule has 190 valence electrons. The van der Waals surface area contributed by atoms with Gasteiger partial charge in [-0.1, -0.05) is 50.2 Å². The molecule has 0 aliphatic carbocycles.